The number of benzene rings is 1. The molecule has 0 amide bonds. The van der Waals surface area contributed by atoms with Crippen LogP contribution in [0.1, 0.15) is 50.0 Å². The molecule has 2 saturated carbocycles. The lowest BCUT2D eigenvalue weighted by Gasteiger charge is -2.25. The molecule has 1 aromatic rings. The lowest BCUT2D eigenvalue weighted by atomic mass is 9.87. The Morgan fingerprint density at radius 2 is 1.85 bits per heavy atom. The maximum atomic E-state index is 12.6. The summed E-state index contributed by atoms with van der Waals surface area (Å²) in [5.74, 6) is 3.80. The molecule has 1 aliphatic heterocycles. The minimum absolute atomic E-state index is 0.384. The number of carbonyl (C=O) groups excluding carboxylic acids is 1. The molecule has 0 radical (unpaired) electrons. The van der Waals surface area contributed by atoms with E-state index in [-0.39, 0.29) is 0 Å². The van der Waals surface area contributed by atoms with Gasteiger partial charge >= 0.3 is 0 Å². The first-order chi connectivity index (χ1) is 9.84. The number of rotatable bonds is 3. The zero-order valence-corrected chi connectivity index (χ0v) is 11.9. The summed E-state index contributed by atoms with van der Waals surface area (Å²) in [5, 5.41) is 0. The van der Waals surface area contributed by atoms with E-state index in [0.29, 0.717) is 17.6 Å². The van der Waals surface area contributed by atoms with Crippen LogP contribution in [0.25, 0.3) is 0 Å². The third-order valence-electron chi connectivity index (χ3n) is 5.56. The van der Waals surface area contributed by atoms with Crippen LogP contribution in [-0.4, -0.2) is 12.4 Å². The number of Topliss-reactive ketones (excluding diaryl/α,β-unsaturated/α-hetero) is 1. The summed E-state index contributed by atoms with van der Waals surface area (Å²) in [7, 11) is 0. The molecule has 0 saturated heterocycles. The molecule has 0 spiro atoms. The highest BCUT2D eigenvalue weighted by atomic mass is 16.5. The Hall–Kier alpha value is -1.31. The van der Waals surface area contributed by atoms with E-state index in [0.717, 1.165) is 37.0 Å². The summed E-state index contributed by atoms with van der Waals surface area (Å²) in [4.78, 5) is 12.6. The van der Waals surface area contributed by atoms with Crippen LogP contribution >= 0.6 is 0 Å². The first-order valence-electron chi connectivity index (χ1n) is 8.09. The van der Waals surface area contributed by atoms with Crippen LogP contribution in [0, 0.1) is 17.8 Å². The SMILES string of the molecule is O=C(CC1CCOc2ccccc21)C1C2CCCCC21. The van der Waals surface area contributed by atoms with E-state index in [1.54, 1.807) is 0 Å². The van der Waals surface area contributed by atoms with Crippen LogP contribution in [-0.2, 0) is 4.79 Å². The summed E-state index contributed by atoms with van der Waals surface area (Å²) in [6.07, 6.45) is 7.00. The maximum Gasteiger partial charge on any atom is 0.137 e. The van der Waals surface area contributed by atoms with Gasteiger partial charge in [-0.15, -0.1) is 0 Å². The smallest absolute Gasteiger partial charge is 0.137 e. The number of ether oxygens (including phenoxy) is 1. The van der Waals surface area contributed by atoms with Crippen LogP contribution < -0.4 is 4.74 Å². The maximum absolute atomic E-state index is 12.6. The second-order valence-electron chi connectivity index (χ2n) is 6.68. The molecule has 0 bridgehead atoms. The Bertz CT molecular complexity index is 510. The van der Waals surface area contributed by atoms with Gasteiger partial charge in [0.15, 0.2) is 0 Å². The van der Waals surface area contributed by atoms with Gasteiger partial charge in [-0.1, -0.05) is 31.0 Å². The van der Waals surface area contributed by atoms with Crippen LogP contribution in [0.5, 0.6) is 5.75 Å². The number of para-hydroxylation sites is 1. The Balaban J connectivity index is 1.46. The highest BCUT2D eigenvalue weighted by Crippen LogP contribution is 2.56. The second-order valence-corrected chi connectivity index (χ2v) is 6.68. The van der Waals surface area contributed by atoms with Crippen molar-refractivity contribution in [3.05, 3.63) is 29.8 Å². The summed E-state index contributed by atoms with van der Waals surface area (Å²) in [6.45, 7) is 0.756. The van der Waals surface area contributed by atoms with Gasteiger partial charge in [0.05, 0.1) is 6.61 Å². The van der Waals surface area contributed by atoms with E-state index in [4.69, 9.17) is 4.74 Å². The summed E-state index contributed by atoms with van der Waals surface area (Å²) < 4.78 is 5.69. The normalized spacial score (nSPS) is 34.6. The first-order valence-corrected chi connectivity index (χ1v) is 8.09. The minimum atomic E-state index is 0.384. The van der Waals surface area contributed by atoms with Gasteiger partial charge in [-0.2, -0.15) is 0 Å². The Morgan fingerprint density at radius 1 is 1.10 bits per heavy atom. The van der Waals surface area contributed by atoms with Gasteiger partial charge in [-0.05, 0) is 48.6 Å². The number of fused-ring (bicyclic) bond motifs is 2. The largest absolute Gasteiger partial charge is 0.493 e. The zero-order chi connectivity index (χ0) is 13.5. The minimum Gasteiger partial charge on any atom is -0.493 e. The molecule has 3 aliphatic rings. The van der Waals surface area contributed by atoms with Gasteiger partial charge in [0.25, 0.3) is 0 Å². The monoisotopic (exact) mass is 270 g/mol. The lowest BCUT2D eigenvalue weighted by Crippen LogP contribution is -2.18. The molecule has 4 rings (SSSR count). The average Bonchev–Trinajstić information content (AvgIpc) is 3.22. The van der Waals surface area contributed by atoms with Crippen molar-refractivity contribution < 1.29 is 9.53 Å². The zero-order valence-electron chi connectivity index (χ0n) is 11.9. The van der Waals surface area contributed by atoms with Crippen molar-refractivity contribution in [1.82, 2.24) is 0 Å². The van der Waals surface area contributed by atoms with Crippen molar-refractivity contribution in [2.24, 2.45) is 17.8 Å². The lowest BCUT2D eigenvalue weighted by molar-refractivity contribution is -0.121. The van der Waals surface area contributed by atoms with Crippen molar-refractivity contribution in [1.29, 1.82) is 0 Å². The number of carbonyl (C=O) groups is 1. The van der Waals surface area contributed by atoms with Gasteiger partial charge in [0.1, 0.15) is 11.5 Å². The quantitative estimate of drug-likeness (QED) is 0.831. The molecule has 2 fully saturated rings. The standard InChI is InChI=1S/C18H22O2/c19-16(18-14-6-1-2-7-15(14)18)11-12-9-10-20-17-8-4-3-5-13(12)17/h3-5,8,12,14-15,18H,1-2,6-7,9-11H2. The molecular weight excluding hydrogens is 248 g/mol. The van der Waals surface area contributed by atoms with E-state index >= 15 is 0 Å². The summed E-state index contributed by atoms with van der Waals surface area (Å²) >= 11 is 0. The number of ketones is 1. The second kappa shape index (κ2) is 4.91. The van der Waals surface area contributed by atoms with Crippen LogP contribution in [0.2, 0.25) is 0 Å². The van der Waals surface area contributed by atoms with Gasteiger partial charge in [0.2, 0.25) is 0 Å². The van der Waals surface area contributed by atoms with E-state index in [1.807, 2.05) is 12.1 Å². The van der Waals surface area contributed by atoms with E-state index < -0.39 is 0 Å². The van der Waals surface area contributed by atoms with Gasteiger partial charge in [-0.3, -0.25) is 4.79 Å². The van der Waals surface area contributed by atoms with Crippen molar-refractivity contribution >= 4 is 5.78 Å². The van der Waals surface area contributed by atoms with Gasteiger partial charge in [-0.25, -0.2) is 0 Å². The molecule has 0 aromatic heterocycles. The average molecular weight is 270 g/mol. The number of hydrogen-bond acceptors (Lipinski definition) is 2. The predicted octanol–water partition coefficient (Wildman–Crippen LogP) is 3.95. The molecule has 2 nitrogen and oxygen atoms in total. The molecule has 3 unspecified atom stereocenters. The highest BCUT2D eigenvalue weighted by Gasteiger charge is 2.54. The fourth-order valence-electron chi connectivity index (χ4n) is 4.48. The Kier molecular flexibility index (Phi) is 3.05. The van der Waals surface area contributed by atoms with E-state index in [9.17, 15) is 4.79 Å². The van der Waals surface area contributed by atoms with Crippen molar-refractivity contribution in [2.45, 2.75) is 44.4 Å². The molecule has 20 heavy (non-hydrogen) atoms. The highest BCUT2D eigenvalue weighted by molar-refractivity contribution is 5.85. The van der Waals surface area contributed by atoms with Crippen LogP contribution in [0.15, 0.2) is 24.3 Å². The third kappa shape index (κ3) is 2.06. The van der Waals surface area contributed by atoms with Crippen molar-refractivity contribution in [3.63, 3.8) is 0 Å². The molecule has 3 atom stereocenters. The summed E-state index contributed by atoms with van der Waals surface area (Å²) in [5.41, 5.74) is 1.25. The molecule has 106 valence electrons. The summed E-state index contributed by atoms with van der Waals surface area (Å²) in [6, 6.07) is 8.23. The topological polar surface area (TPSA) is 26.3 Å². The molecule has 2 aliphatic carbocycles. The van der Waals surface area contributed by atoms with Crippen molar-refractivity contribution in [3.8, 4) is 5.75 Å². The molecule has 2 heteroatoms. The fourth-order valence-corrected chi connectivity index (χ4v) is 4.48. The fraction of sp³-hybridized carbons (Fsp3) is 0.611. The molecular formula is C18H22O2. The third-order valence-corrected chi connectivity index (χ3v) is 5.56. The Morgan fingerprint density at radius 3 is 2.65 bits per heavy atom. The van der Waals surface area contributed by atoms with Crippen LogP contribution in [0.4, 0.5) is 0 Å². The number of hydrogen-bond donors (Lipinski definition) is 0. The van der Waals surface area contributed by atoms with Crippen molar-refractivity contribution in [2.75, 3.05) is 6.61 Å². The molecule has 0 N–H and O–H groups in total. The van der Waals surface area contributed by atoms with Crippen LogP contribution in [0.3, 0.4) is 0 Å². The van der Waals surface area contributed by atoms with Gasteiger partial charge in [0, 0.05) is 12.3 Å². The van der Waals surface area contributed by atoms with Gasteiger partial charge < -0.3 is 4.74 Å². The Labute approximate surface area is 120 Å². The first kappa shape index (κ1) is 12.4. The van der Waals surface area contributed by atoms with E-state index in [1.165, 1.54) is 31.2 Å². The van der Waals surface area contributed by atoms with E-state index in [2.05, 4.69) is 12.1 Å². The molecule has 1 aromatic carbocycles. The molecule has 1 heterocycles. The predicted molar refractivity (Wildman–Crippen MR) is 77.9 cm³/mol.